The highest BCUT2D eigenvalue weighted by molar-refractivity contribution is 7.09. The van der Waals surface area contributed by atoms with Crippen molar-refractivity contribution < 1.29 is 9.53 Å². The Kier molecular flexibility index (Phi) is 5.12. The molecule has 0 bridgehead atoms. The van der Waals surface area contributed by atoms with Crippen LogP contribution in [0.5, 0.6) is 5.75 Å². The Bertz CT molecular complexity index is 554. The van der Waals surface area contributed by atoms with Gasteiger partial charge in [-0.3, -0.25) is 4.79 Å². The van der Waals surface area contributed by atoms with Crippen molar-refractivity contribution in [2.24, 2.45) is 0 Å². The zero-order valence-electron chi connectivity index (χ0n) is 11.7. The first kappa shape index (κ1) is 14.5. The summed E-state index contributed by atoms with van der Waals surface area (Å²) in [5.41, 5.74) is 0.527. The van der Waals surface area contributed by atoms with Gasteiger partial charge in [-0.25, -0.2) is 4.98 Å². The van der Waals surface area contributed by atoms with Crippen LogP contribution in [0, 0.1) is 6.92 Å². The van der Waals surface area contributed by atoms with Crippen LogP contribution in [0.2, 0.25) is 0 Å². The number of rotatable bonds is 6. The van der Waals surface area contributed by atoms with E-state index >= 15 is 0 Å². The van der Waals surface area contributed by atoms with E-state index in [4.69, 9.17) is 4.74 Å². The number of thiazole rings is 1. The first-order valence-electron chi connectivity index (χ1n) is 6.52. The number of hydrogen-bond donors (Lipinski definition) is 0. The number of para-hydroxylation sites is 1. The number of ether oxygens (including phenoxy) is 1. The third kappa shape index (κ3) is 4.06. The standard InChI is InChI=1S/C15H18N2O2S/c1-12-16-14(11-20-12)15(18)17(2)9-6-10-19-13-7-4-3-5-8-13/h3-5,7-8,11H,6,9-10H2,1-2H3. The zero-order chi connectivity index (χ0) is 14.4. The van der Waals surface area contributed by atoms with E-state index in [-0.39, 0.29) is 5.91 Å². The molecule has 0 fully saturated rings. The summed E-state index contributed by atoms with van der Waals surface area (Å²) in [6.07, 6.45) is 0.792. The molecule has 0 saturated heterocycles. The van der Waals surface area contributed by atoms with Crippen molar-refractivity contribution in [3.05, 3.63) is 46.4 Å². The van der Waals surface area contributed by atoms with Crippen LogP contribution in [0.1, 0.15) is 21.9 Å². The van der Waals surface area contributed by atoms with Crippen LogP contribution in [-0.2, 0) is 0 Å². The fraction of sp³-hybridized carbons (Fsp3) is 0.333. The fourth-order valence-electron chi connectivity index (χ4n) is 1.77. The third-order valence-corrected chi connectivity index (χ3v) is 3.61. The molecule has 20 heavy (non-hydrogen) atoms. The third-order valence-electron chi connectivity index (χ3n) is 2.83. The van der Waals surface area contributed by atoms with Gasteiger partial charge in [-0.05, 0) is 25.5 Å². The quantitative estimate of drug-likeness (QED) is 0.768. The lowest BCUT2D eigenvalue weighted by molar-refractivity contribution is 0.0782. The molecule has 1 aromatic heterocycles. The largest absolute Gasteiger partial charge is 0.494 e. The van der Waals surface area contributed by atoms with Crippen molar-refractivity contribution in [1.82, 2.24) is 9.88 Å². The van der Waals surface area contributed by atoms with E-state index in [1.165, 1.54) is 11.3 Å². The highest BCUT2D eigenvalue weighted by Crippen LogP contribution is 2.11. The van der Waals surface area contributed by atoms with Crippen molar-refractivity contribution in [3.8, 4) is 5.75 Å². The molecule has 0 spiro atoms. The zero-order valence-corrected chi connectivity index (χ0v) is 12.5. The van der Waals surface area contributed by atoms with Crippen LogP contribution in [-0.4, -0.2) is 36.0 Å². The molecular formula is C15H18N2O2S. The summed E-state index contributed by atoms with van der Waals surface area (Å²) in [6, 6.07) is 9.68. The summed E-state index contributed by atoms with van der Waals surface area (Å²) in [5.74, 6) is 0.825. The highest BCUT2D eigenvalue weighted by atomic mass is 32.1. The Morgan fingerprint density at radius 2 is 2.10 bits per heavy atom. The van der Waals surface area contributed by atoms with Gasteiger partial charge in [0.15, 0.2) is 0 Å². The number of aryl methyl sites for hydroxylation is 1. The van der Waals surface area contributed by atoms with E-state index in [2.05, 4.69) is 4.98 Å². The minimum Gasteiger partial charge on any atom is -0.494 e. The van der Waals surface area contributed by atoms with Gasteiger partial charge in [0.2, 0.25) is 0 Å². The molecule has 1 amide bonds. The fourth-order valence-corrected chi connectivity index (χ4v) is 2.35. The molecule has 0 atom stereocenters. The molecular weight excluding hydrogens is 272 g/mol. The van der Waals surface area contributed by atoms with Crippen LogP contribution in [0.3, 0.4) is 0 Å². The molecule has 0 radical (unpaired) electrons. The van der Waals surface area contributed by atoms with Gasteiger partial charge in [-0.1, -0.05) is 18.2 Å². The maximum absolute atomic E-state index is 12.1. The van der Waals surface area contributed by atoms with Crippen LogP contribution >= 0.6 is 11.3 Å². The van der Waals surface area contributed by atoms with Gasteiger partial charge in [-0.2, -0.15) is 0 Å². The van der Waals surface area contributed by atoms with E-state index in [0.717, 1.165) is 17.2 Å². The van der Waals surface area contributed by atoms with Gasteiger partial charge >= 0.3 is 0 Å². The Hall–Kier alpha value is -1.88. The molecule has 5 heteroatoms. The van der Waals surface area contributed by atoms with Crippen molar-refractivity contribution >= 4 is 17.2 Å². The second-order valence-electron chi connectivity index (χ2n) is 4.49. The number of hydrogen-bond acceptors (Lipinski definition) is 4. The van der Waals surface area contributed by atoms with Crippen LogP contribution < -0.4 is 4.74 Å². The number of nitrogens with zero attached hydrogens (tertiary/aromatic N) is 2. The van der Waals surface area contributed by atoms with Gasteiger partial charge in [0.1, 0.15) is 11.4 Å². The Labute approximate surface area is 123 Å². The topological polar surface area (TPSA) is 42.4 Å². The summed E-state index contributed by atoms with van der Waals surface area (Å²) < 4.78 is 5.59. The van der Waals surface area contributed by atoms with E-state index in [1.807, 2.05) is 37.3 Å². The smallest absolute Gasteiger partial charge is 0.273 e. The van der Waals surface area contributed by atoms with Crippen LogP contribution in [0.25, 0.3) is 0 Å². The molecule has 0 aliphatic carbocycles. The number of amides is 1. The average Bonchev–Trinajstić information content (AvgIpc) is 2.90. The summed E-state index contributed by atoms with van der Waals surface area (Å²) in [5, 5.41) is 2.71. The number of benzene rings is 1. The van der Waals surface area contributed by atoms with Gasteiger partial charge < -0.3 is 9.64 Å². The minimum absolute atomic E-state index is 0.0333. The summed E-state index contributed by atoms with van der Waals surface area (Å²) >= 11 is 1.49. The lowest BCUT2D eigenvalue weighted by Gasteiger charge is -2.16. The monoisotopic (exact) mass is 290 g/mol. The number of aromatic nitrogens is 1. The normalized spacial score (nSPS) is 10.3. The molecule has 1 heterocycles. The molecule has 2 aromatic rings. The summed E-state index contributed by atoms with van der Waals surface area (Å²) in [4.78, 5) is 17.9. The number of carbonyl (C=O) groups excluding carboxylic acids is 1. The Morgan fingerprint density at radius 1 is 1.35 bits per heavy atom. The molecule has 106 valence electrons. The predicted molar refractivity (Wildman–Crippen MR) is 80.4 cm³/mol. The second kappa shape index (κ2) is 7.05. The van der Waals surface area contributed by atoms with E-state index in [1.54, 1.807) is 17.3 Å². The van der Waals surface area contributed by atoms with E-state index in [0.29, 0.717) is 18.8 Å². The van der Waals surface area contributed by atoms with E-state index in [9.17, 15) is 4.79 Å². The molecule has 0 saturated carbocycles. The average molecular weight is 290 g/mol. The predicted octanol–water partition coefficient (Wildman–Crippen LogP) is 2.99. The van der Waals surface area contributed by atoms with Crippen LogP contribution in [0.4, 0.5) is 0 Å². The van der Waals surface area contributed by atoms with Gasteiger partial charge in [0.05, 0.1) is 11.6 Å². The SMILES string of the molecule is Cc1nc(C(=O)N(C)CCCOc2ccccc2)cs1. The molecule has 0 aliphatic heterocycles. The highest BCUT2D eigenvalue weighted by Gasteiger charge is 2.14. The van der Waals surface area contributed by atoms with Crippen molar-refractivity contribution in [2.45, 2.75) is 13.3 Å². The lowest BCUT2D eigenvalue weighted by Crippen LogP contribution is -2.28. The van der Waals surface area contributed by atoms with Crippen molar-refractivity contribution in [3.63, 3.8) is 0 Å². The van der Waals surface area contributed by atoms with Gasteiger partial charge in [0, 0.05) is 19.0 Å². The summed E-state index contributed by atoms with van der Waals surface area (Å²) in [7, 11) is 1.79. The molecule has 4 nitrogen and oxygen atoms in total. The molecule has 1 aromatic carbocycles. The minimum atomic E-state index is -0.0333. The number of carbonyl (C=O) groups is 1. The van der Waals surface area contributed by atoms with Gasteiger partial charge in [0.25, 0.3) is 5.91 Å². The molecule has 0 unspecified atom stereocenters. The van der Waals surface area contributed by atoms with Crippen LogP contribution in [0.15, 0.2) is 35.7 Å². The maximum atomic E-state index is 12.1. The maximum Gasteiger partial charge on any atom is 0.273 e. The first-order valence-corrected chi connectivity index (χ1v) is 7.40. The first-order chi connectivity index (χ1) is 9.66. The molecule has 0 aliphatic rings. The Morgan fingerprint density at radius 3 is 2.75 bits per heavy atom. The molecule has 2 rings (SSSR count). The van der Waals surface area contributed by atoms with Crippen molar-refractivity contribution in [1.29, 1.82) is 0 Å². The van der Waals surface area contributed by atoms with E-state index < -0.39 is 0 Å². The Balaban J connectivity index is 1.72. The lowest BCUT2D eigenvalue weighted by atomic mass is 10.3. The molecule has 0 N–H and O–H groups in total. The van der Waals surface area contributed by atoms with Gasteiger partial charge in [-0.15, -0.1) is 11.3 Å². The van der Waals surface area contributed by atoms with Crippen molar-refractivity contribution in [2.75, 3.05) is 20.2 Å². The summed E-state index contributed by atoms with van der Waals surface area (Å²) in [6.45, 7) is 3.15. The second-order valence-corrected chi connectivity index (χ2v) is 5.56.